The van der Waals surface area contributed by atoms with Gasteiger partial charge in [-0.05, 0) is 29.5 Å². The van der Waals surface area contributed by atoms with Crippen LogP contribution in [-0.4, -0.2) is 31.9 Å². The Morgan fingerprint density at radius 1 is 1.35 bits per heavy atom. The topological polar surface area (TPSA) is 65.3 Å². The third-order valence-corrected chi connectivity index (χ3v) is 3.35. The molecule has 0 heterocycles. The van der Waals surface area contributed by atoms with Gasteiger partial charge in [-0.25, -0.2) is 0 Å². The number of hydrogen-bond acceptors (Lipinski definition) is 4. The summed E-state index contributed by atoms with van der Waals surface area (Å²) in [6, 6.07) is 9.10. The fraction of sp³-hybridized carbons (Fsp3) is 0.562. The van der Waals surface area contributed by atoms with Crippen LogP contribution < -0.4 is 5.32 Å². The van der Waals surface area contributed by atoms with E-state index in [4.69, 9.17) is 10.00 Å². The second kappa shape index (κ2) is 8.01. The van der Waals surface area contributed by atoms with Crippen LogP contribution in [0.3, 0.4) is 0 Å². The van der Waals surface area contributed by atoms with Gasteiger partial charge >= 0.3 is 0 Å². The van der Waals surface area contributed by atoms with Gasteiger partial charge < -0.3 is 15.2 Å². The van der Waals surface area contributed by atoms with E-state index in [0.717, 1.165) is 25.1 Å². The molecule has 1 rings (SSSR count). The third-order valence-electron chi connectivity index (χ3n) is 3.35. The van der Waals surface area contributed by atoms with Crippen LogP contribution in [0, 0.1) is 16.7 Å². The Bertz CT molecular complexity index is 435. The molecule has 110 valence electrons. The average Bonchev–Trinajstić information content (AvgIpc) is 2.45. The number of nitriles is 1. The number of nitrogens with zero attached hydrogens (tertiary/aromatic N) is 1. The highest BCUT2D eigenvalue weighted by atomic mass is 16.5. The first-order valence-corrected chi connectivity index (χ1v) is 6.86. The Hall–Kier alpha value is -1.41. The van der Waals surface area contributed by atoms with Crippen molar-refractivity contribution < 1.29 is 9.84 Å². The minimum Gasteiger partial charge on any atom is -0.387 e. The molecule has 20 heavy (non-hydrogen) atoms. The van der Waals surface area contributed by atoms with Gasteiger partial charge in [0, 0.05) is 26.8 Å². The van der Waals surface area contributed by atoms with Crippen LogP contribution in [0.5, 0.6) is 0 Å². The van der Waals surface area contributed by atoms with E-state index in [2.05, 4.69) is 25.2 Å². The van der Waals surface area contributed by atoms with Gasteiger partial charge in [-0.1, -0.05) is 26.0 Å². The first-order valence-electron chi connectivity index (χ1n) is 6.86. The summed E-state index contributed by atoms with van der Waals surface area (Å²) in [5, 5.41) is 22.1. The molecule has 1 aromatic rings. The summed E-state index contributed by atoms with van der Waals surface area (Å²) >= 11 is 0. The van der Waals surface area contributed by atoms with Crippen molar-refractivity contribution in [2.24, 2.45) is 5.41 Å². The lowest BCUT2D eigenvalue weighted by molar-refractivity contribution is 0.140. The molecule has 0 aliphatic carbocycles. The molecule has 2 N–H and O–H groups in total. The van der Waals surface area contributed by atoms with E-state index >= 15 is 0 Å². The maximum Gasteiger partial charge on any atom is 0.0991 e. The van der Waals surface area contributed by atoms with Crippen LogP contribution in [0.1, 0.15) is 37.5 Å². The van der Waals surface area contributed by atoms with Crippen LogP contribution in [-0.2, 0) is 4.74 Å². The molecule has 0 radical (unpaired) electrons. The normalized spacial score (nSPS) is 12.9. The van der Waals surface area contributed by atoms with Crippen molar-refractivity contribution in [3.05, 3.63) is 35.4 Å². The number of ether oxygens (including phenoxy) is 1. The van der Waals surface area contributed by atoms with Crippen LogP contribution >= 0.6 is 0 Å². The van der Waals surface area contributed by atoms with Gasteiger partial charge in [0.15, 0.2) is 0 Å². The van der Waals surface area contributed by atoms with Crippen molar-refractivity contribution in [2.75, 3.05) is 26.8 Å². The number of benzene rings is 1. The molecule has 0 saturated heterocycles. The van der Waals surface area contributed by atoms with E-state index in [0.29, 0.717) is 12.1 Å². The van der Waals surface area contributed by atoms with E-state index in [-0.39, 0.29) is 5.41 Å². The fourth-order valence-electron chi connectivity index (χ4n) is 1.91. The van der Waals surface area contributed by atoms with Crippen LogP contribution in [0.4, 0.5) is 0 Å². The summed E-state index contributed by atoms with van der Waals surface area (Å²) in [5.41, 5.74) is 1.57. The minimum absolute atomic E-state index is 0.139. The van der Waals surface area contributed by atoms with Gasteiger partial charge in [-0.3, -0.25) is 0 Å². The summed E-state index contributed by atoms with van der Waals surface area (Å²) in [4.78, 5) is 0. The predicted octanol–water partition coefficient (Wildman–Crippen LogP) is 2.24. The minimum atomic E-state index is -0.555. The molecule has 0 saturated carbocycles. The van der Waals surface area contributed by atoms with E-state index in [1.807, 2.05) is 0 Å². The monoisotopic (exact) mass is 276 g/mol. The number of hydrogen-bond donors (Lipinski definition) is 2. The van der Waals surface area contributed by atoms with Crippen LogP contribution in [0.2, 0.25) is 0 Å². The number of nitrogens with one attached hydrogen (secondary N) is 1. The molecular weight excluding hydrogens is 252 g/mol. The second-order valence-electron chi connectivity index (χ2n) is 5.79. The first-order chi connectivity index (χ1) is 9.48. The smallest absolute Gasteiger partial charge is 0.0991 e. The molecule has 1 unspecified atom stereocenters. The largest absolute Gasteiger partial charge is 0.387 e. The molecule has 0 fully saturated rings. The third kappa shape index (κ3) is 5.70. The Balaban J connectivity index is 2.39. The lowest BCUT2D eigenvalue weighted by Gasteiger charge is -2.25. The summed E-state index contributed by atoms with van der Waals surface area (Å²) in [7, 11) is 1.71. The molecule has 4 heteroatoms. The van der Waals surface area contributed by atoms with Crippen molar-refractivity contribution >= 4 is 0 Å². The van der Waals surface area contributed by atoms with E-state index in [1.54, 1.807) is 31.4 Å². The molecule has 0 aliphatic heterocycles. The van der Waals surface area contributed by atoms with Crippen molar-refractivity contribution in [1.82, 2.24) is 5.32 Å². The number of methoxy groups -OCH3 is 1. The predicted molar refractivity (Wildman–Crippen MR) is 79.3 cm³/mol. The molecule has 4 nitrogen and oxygen atoms in total. The summed E-state index contributed by atoms with van der Waals surface area (Å²) in [5.74, 6) is 0. The van der Waals surface area contributed by atoms with Crippen LogP contribution in [0.15, 0.2) is 24.3 Å². The van der Waals surface area contributed by atoms with E-state index in [1.165, 1.54) is 0 Å². The van der Waals surface area contributed by atoms with Crippen molar-refractivity contribution in [1.29, 1.82) is 5.26 Å². The van der Waals surface area contributed by atoms with Gasteiger partial charge in [0.25, 0.3) is 0 Å². The van der Waals surface area contributed by atoms with Gasteiger partial charge in [-0.2, -0.15) is 5.26 Å². The van der Waals surface area contributed by atoms with Crippen LogP contribution in [0.25, 0.3) is 0 Å². The zero-order chi connectivity index (χ0) is 15.0. The zero-order valence-electron chi connectivity index (χ0n) is 12.5. The number of aliphatic hydroxyl groups is 1. The first kappa shape index (κ1) is 16.6. The Morgan fingerprint density at radius 2 is 2.00 bits per heavy atom. The highest BCUT2D eigenvalue weighted by molar-refractivity contribution is 5.32. The van der Waals surface area contributed by atoms with Gasteiger partial charge in [0.1, 0.15) is 0 Å². The highest BCUT2D eigenvalue weighted by Crippen LogP contribution is 2.19. The molecule has 0 aromatic heterocycles. The Labute approximate surface area is 121 Å². The summed E-state index contributed by atoms with van der Waals surface area (Å²) in [6.45, 7) is 6.42. The lowest BCUT2D eigenvalue weighted by Crippen LogP contribution is -2.33. The molecule has 0 spiro atoms. The maximum atomic E-state index is 10.1. The molecule has 0 amide bonds. The molecule has 1 atom stereocenters. The molecular formula is C16H24N2O2. The number of rotatable bonds is 8. The zero-order valence-corrected chi connectivity index (χ0v) is 12.5. The van der Waals surface area contributed by atoms with Gasteiger partial charge in [0.05, 0.1) is 17.7 Å². The molecule has 1 aromatic carbocycles. The molecule has 0 bridgehead atoms. The SMILES string of the molecule is COCCC(C)(C)CNCC(O)c1ccc(C#N)cc1. The van der Waals surface area contributed by atoms with Gasteiger partial charge in [0.2, 0.25) is 0 Å². The van der Waals surface area contributed by atoms with Crippen molar-refractivity contribution in [3.8, 4) is 6.07 Å². The van der Waals surface area contributed by atoms with Crippen molar-refractivity contribution in [3.63, 3.8) is 0 Å². The average molecular weight is 276 g/mol. The second-order valence-corrected chi connectivity index (χ2v) is 5.79. The standard InChI is InChI=1S/C16H24N2O2/c1-16(2,8-9-20-3)12-18-11-15(19)14-6-4-13(10-17)5-7-14/h4-7,15,18-19H,8-9,11-12H2,1-3H3. The Kier molecular flexibility index (Phi) is 6.66. The maximum absolute atomic E-state index is 10.1. The molecule has 0 aliphatic rings. The summed E-state index contributed by atoms with van der Waals surface area (Å²) in [6.07, 6.45) is 0.421. The fourth-order valence-corrected chi connectivity index (χ4v) is 1.91. The lowest BCUT2D eigenvalue weighted by atomic mass is 9.89. The van der Waals surface area contributed by atoms with Crippen molar-refractivity contribution in [2.45, 2.75) is 26.4 Å². The number of aliphatic hydroxyl groups excluding tert-OH is 1. The van der Waals surface area contributed by atoms with Gasteiger partial charge in [-0.15, -0.1) is 0 Å². The van der Waals surface area contributed by atoms with E-state index in [9.17, 15) is 5.11 Å². The summed E-state index contributed by atoms with van der Waals surface area (Å²) < 4.78 is 5.09. The highest BCUT2D eigenvalue weighted by Gasteiger charge is 2.17. The Morgan fingerprint density at radius 3 is 2.55 bits per heavy atom. The quantitative estimate of drug-likeness (QED) is 0.764. The van der Waals surface area contributed by atoms with E-state index < -0.39 is 6.10 Å².